The van der Waals surface area contributed by atoms with Crippen molar-refractivity contribution in [1.29, 1.82) is 0 Å². The van der Waals surface area contributed by atoms with Gasteiger partial charge in [0.15, 0.2) is 11.5 Å². The lowest BCUT2D eigenvalue weighted by molar-refractivity contribution is 0.153. The zero-order valence-electron chi connectivity index (χ0n) is 15.9. The molecule has 4 rings (SSSR count). The third-order valence-corrected chi connectivity index (χ3v) is 4.83. The van der Waals surface area contributed by atoms with Crippen LogP contribution in [0, 0.1) is 11.6 Å². The van der Waals surface area contributed by atoms with Crippen LogP contribution in [0.25, 0.3) is 5.65 Å². The number of fused-ring (bicyclic) bond motifs is 1. The van der Waals surface area contributed by atoms with Gasteiger partial charge in [-0.15, -0.1) is 0 Å². The van der Waals surface area contributed by atoms with Gasteiger partial charge in [-0.05, 0) is 43.5 Å². The van der Waals surface area contributed by atoms with Crippen molar-refractivity contribution in [2.45, 2.75) is 38.7 Å². The van der Waals surface area contributed by atoms with Gasteiger partial charge in [-0.1, -0.05) is 19.9 Å². The Labute approximate surface area is 161 Å². The summed E-state index contributed by atoms with van der Waals surface area (Å²) in [5.41, 5.74) is 1.82. The molecule has 1 saturated heterocycles. The van der Waals surface area contributed by atoms with Gasteiger partial charge < -0.3 is 15.4 Å². The molecule has 0 amide bonds. The number of halogens is 2. The highest BCUT2D eigenvalue weighted by Gasteiger charge is 2.24. The number of hydrogen-bond donors (Lipinski definition) is 2. The van der Waals surface area contributed by atoms with Crippen LogP contribution in [0.15, 0.2) is 30.5 Å². The van der Waals surface area contributed by atoms with E-state index in [9.17, 15) is 4.39 Å². The highest BCUT2D eigenvalue weighted by molar-refractivity contribution is 5.63. The maximum absolute atomic E-state index is 15.3. The molecule has 148 valence electrons. The Hall–Kier alpha value is -2.74. The molecule has 3 aromatic rings. The Morgan fingerprint density at radius 3 is 2.89 bits per heavy atom. The molecule has 3 heterocycles. The second kappa shape index (κ2) is 7.71. The maximum Gasteiger partial charge on any atom is 0.256 e. The fraction of sp³-hybridized carbons (Fsp3) is 0.400. The van der Waals surface area contributed by atoms with Crippen LogP contribution in [-0.2, 0) is 0 Å². The Kier molecular flexibility index (Phi) is 5.13. The zero-order chi connectivity index (χ0) is 19.7. The number of aromatic nitrogens is 3. The van der Waals surface area contributed by atoms with Gasteiger partial charge in [0.25, 0.3) is 5.88 Å². The molecule has 1 aromatic carbocycles. The summed E-state index contributed by atoms with van der Waals surface area (Å²) in [6.07, 6.45) is 3.33. The summed E-state index contributed by atoms with van der Waals surface area (Å²) < 4.78 is 36.2. The number of anilines is 2. The molecule has 0 spiro atoms. The van der Waals surface area contributed by atoms with Crippen LogP contribution in [0.5, 0.6) is 5.88 Å². The number of piperidine rings is 1. The monoisotopic (exact) mass is 387 g/mol. The van der Waals surface area contributed by atoms with Gasteiger partial charge in [-0.3, -0.25) is 0 Å². The summed E-state index contributed by atoms with van der Waals surface area (Å²) in [7, 11) is 0. The molecule has 0 radical (unpaired) electrons. The van der Waals surface area contributed by atoms with E-state index in [0.29, 0.717) is 17.9 Å². The quantitative estimate of drug-likeness (QED) is 0.693. The minimum atomic E-state index is -0.652. The number of benzene rings is 1. The molecule has 1 fully saturated rings. The lowest BCUT2D eigenvalue weighted by Gasteiger charge is -2.24. The fourth-order valence-corrected chi connectivity index (χ4v) is 3.34. The van der Waals surface area contributed by atoms with Gasteiger partial charge >= 0.3 is 0 Å². The fourth-order valence-electron chi connectivity index (χ4n) is 3.34. The van der Waals surface area contributed by atoms with Crippen molar-refractivity contribution < 1.29 is 13.5 Å². The first-order valence-electron chi connectivity index (χ1n) is 9.50. The molecule has 1 aliphatic heterocycles. The molecule has 0 saturated carbocycles. The molecule has 2 aromatic heterocycles. The maximum atomic E-state index is 15.3. The Morgan fingerprint density at radius 1 is 1.32 bits per heavy atom. The molecular weight excluding hydrogens is 364 g/mol. The second-order valence-electron chi connectivity index (χ2n) is 7.29. The molecule has 0 aliphatic carbocycles. The van der Waals surface area contributed by atoms with Crippen LogP contribution in [0.1, 0.15) is 38.2 Å². The van der Waals surface area contributed by atoms with Gasteiger partial charge in [-0.25, -0.2) is 4.39 Å². The predicted octanol–water partition coefficient (Wildman–Crippen LogP) is 4.01. The number of hydrogen-bond acceptors (Lipinski definition) is 5. The first-order valence-corrected chi connectivity index (χ1v) is 9.50. The predicted molar refractivity (Wildman–Crippen MR) is 103 cm³/mol. The van der Waals surface area contributed by atoms with Crippen LogP contribution in [0.3, 0.4) is 0 Å². The van der Waals surface area contributed by atoms with E-state index in [4.69, 9.17) is 4.74 Å². The van der Waals surface area contributed by atoms with Crippen LogP contribution in [0.2, 0.25) is 0 Å². The summed E-state index contributed by atoms with van der Waals surface area (Å²) in [5.74, 6) is -0.907. The van der Waals surface area contributed by atoms with Gasteiger partial charge in [0, 0.05) is 17.8 Å². The topological polar surface area (TPSA) is 63.5 Å². The van der Waals surface area contributed by atoms with Crippen LogP contribution < -0.4 is 15.4 Å². The lowest BCUT2D eigenvalue weighted by Crippen LogP contribution is -2.37. The first kappa shape index (κ1) is 18.6. The van der Waals surface area contributed by atoms with E-state index in [2.05, 4.69) is 20.7 Å². The standard InChI is InChI=1S/C20H23F2N5O/c1-12(2)16-11-24-27-18(16)26-20(28-15-7-4-8-23-10-15)17(22)19(27)25-14-6-3-5-13(21)9-14/h3,5-6,9,11-12,15,23,25H,4,7-8,10H2,1-2H3/t15-/m0/s1. The van der Waals surface area contributed by atoms with Crippen LogP contribution in [0.4, 0.5) is 20.3 Å². The molecule has 28 heavy (non-hydrogen) atoms. The summed E-state index contributed by atoms with van der Waals surface area (Å²) >= 11 is 0. The van der Waals surface area contributed by atoms with Crippen molar-refractivity contribution in [3.8, 4) is 5.88 Å². The molecular formula is C20H23F2N5O. The highest BCUT2D eigenvalue weighted by atomic mass is 19.1. The van der Waals surface area contributed by atoms with Crippen LogP contribution >= 0.6 is 0 Å². The summed E-state index contributed by atoms with van der Waals surface area (Å²) in [6.45, 7) is 5.62. The second-order valence-corrected chi connectivity index (χ2v) is 7.29. The number of nitrogens with zero attached hydrogens (tertiary/aromatic N) is 3. The number of ether oxygens (including phenoxy) is 1. The van der Waals surface area contributed by atoms with Crippen molar-refractivity contribution in [2.75, 3.05) is 18.4 Å². The van der Waals surface area contributed by atoms with E-state index < -0.39 is 11.6 Å². The summed E-state index contributed by atoms with van der Waals surface area (Å²) in [4.78, 5) is 4.43. The molecule has 0 unspecified atom stereocenters. The third kappa shape index (κ3) is 3.64. The third-order valence-electron chi connectivity index (χ3n) is 4.83. The first-order chi connectivity index (χ1) is 13.5. The van der Waals surface area contributed by atoms with Crippen LogP contribution in [-0.4, -0.2) is 33.8 Å². The molecule has 2 N–H and O–H groups in total. The van der Waals surface area contributed by atoms with E-state index in [1.807, 2.05) is 13.8 Å². The van der Waals surface area contributed by atoms with Crippen molar-refractivity contribution in [1.82, 2.24) is 19.9 Å². The van der Waals surface area contributed by atoms with Gasteiger partial charge in [0.2, 0.25) is 5.82 Å². The average molecular weight is 387 g/mol. The van der Waals surface area contributed by atoms with Gasteiger partial charge in [-0.2, -0.15) is 19.0 Å². The normalized spacial score (nSPS) is 17.2. The van der Waals surface area contributed by atoms with Gasteiger partial charge in [0.05, 0.1) is 6.20 Å². The van der Waals surface area contributed by atoms with Gasteiger partial charge in [0.1, 0.15) is 11.9 Å². The van der Waals surface area contributed by atoms with Crippen molar-refractivity contribution in [2.24, 2.45) is 0 Å². The average Bonchev–Trinajstić information content (AvgIpc) is 3.10. The Balaban J connectivity index is 1.79. The highest BCUT2D eigenvalue weighted by Crippen LogP contribution is 2.31. The smallest absolute Gasteiger partial charge is 0.256 e. The molecule has 6 nitrogen and oxygen atoms in total. The number of nitrogens with one attached hydrogen (secondary N) is 2. The minimum Gasteiger partial charge on any atom is -0.471 e. The minimum absolute atomic E-state index is 0.0671. The Morgan fingerprint density at radius 2 is 2.18 bits per heavy atom. The van der Waals surface area contributed by atoms with E-state index in [1.54, 1.807) is 18.3 Å². The summed E-state index contributed by atoms with van der Waals surface area (Å²) in [5, 5.41) is 10.5. The van der Waals surface area contributed by atoms with Crippen molar-refractivity contribution in [3.63, 3.8) is 0 Å². The summed E-state index contributed by atoms with van der Waals surface area (Å²) in [6, 6.07) is 5.85. The zero-order valence-corrected chi connectivity index (χ0v) is 15.9. The molecule has 1 aliphatic rings. The Bertz CT molecular complexity index is 982. The van der Waals surface area contributed by atoms with E-state index >= 15 is 4.39 Å². The largest absolute Gasteiger partial charge is 0.471 e. The molecule has 1 atom stereocenters. The SMILES string of the molecule is CC(C)c1cnn2c(Nc3cccc(F)c3)c(F)c(O[C@H]3CCCNC3)nc12. The molecule has 0 bridgehead atoms. The van der Waals surface area contributed by atoms with E-state index in [0.717, 1.165) is 24.9 Å². The van der Waals surface area contributed by atoms with Crippen molar-refractivity contribution >= 4 is 17.2 Å². The number of rotatable bonds is 5. The lowest BCUT2D eigenvalue weighted by atomic mass is 10.1. The van der Waals surface area contributed by atoms with Crippen molar-refractivity contribution in [3.05, 3.63) is 47.7 Å². The van der Waals surface area contributed by atoms with E-state index in [-0.39, 0.29) is 23.7 Å². The van der Waals surface area contributed by atoms with E-state index in [1.165, 1.54) is 16.6 Å². The molecule has 8 heteroatoms.